The van der Waals surface area contributed by atoms with E-state index in [0.717, 1.165) is 0 Å². The smallest absolute Gasteiger partial charge is 0.414 e. The molecule has 0 bridgehead atoms. The van der Waals surface area contributed by atoms with Crippen molar-refractivity contribution >= 4 is 57.3 Å². The lowest BCUT2D eigenvalue weighted by Crippen LogP contribution is -2.32. The maximum atomic E-state index is 14.8. The van der Waals surface area contributed by atoms with E-state index in [0.29, 0.717) is 44.1 Å². The van der Waals surface area contributed by atoms with Crippen LogP contribution in [0.15, 0.2) is 41.5 Å². The van der Waals surface area contributed by atoms with Crippen LogP contribution in [0.3, 0.4) is 0 Å². The molecular formula is C18H15FIN5O2S. The van der Waals surface area contributed by atoms with E-state index >= 15 is 0 Å². The van der Waals surface area contributed by atoms with Crippen LogP contribution in [-0.2, 0) is 4.74 Å². The molecule has 3 rings (SSSR count). The highest BCUT2D eigenvalue weighted by molar-refractivity contribution is 14.1. The van der Waals surface area contributed by atoms with Gasteiger partial charge >= 0.3 is 6.09 Å². The van der Waals surface area contributed by atoms with Crippen LogP contribution in [0.1, 0.15) is 6.92 Å². The number of thiocarbonyl (C=S) groups is 1. The quantitative estimate of drug-likeness (QED) is 0.195. The average Bonchev–Trinajstić information content (AvgIpc) is 3.02. The number of benzene rings is 2. The van der Waals surface area contributed by atoms with Gasteiger partial charge in [0.25, 0.3) is 0 Å². The van der Waals surface area contributed by atoms with Gasteiger partial charge in [0, 0.05) is 14.0 Å². The Morgan fingerprint density at radius 2 is 2.25 bits per heavy atom. The first kappa shape index (κ1) is 20.3. The zero-order valence-corrected chi connectivity index (χ0v) is 17.7. The summed E-state index contributed by atoms with van der Waals surface area (Å²) in [4.78, 5) is 16.9. The molecule has 2 aromatic rings. The summed E-state index contributed by atoms with van der Waals surface area (Å²) in [7, 11) is 0. The zero-order chi connectivity index (χ0) is 20.3. The van der Waals surface area contributed by atoms with Crippen molar-refractivity contribution in [2.45, 2.75) is 13.0 Å². The molecule has 1 atom stereocenters. The van der Waals surface area contributed by atoms with E-state index in [1.54, 1.807) is 37.3 Å². The SMILES string of the molecule is CC(=S)NC[C@H]1CN(c2ccc(-c3ccc(N=[N+]=[N-])c([125I])c3)c(F)c2)C(=O)O1. The van der Waals surface area contributed by atoms with Crippen LogP contribution in [-0.4, -0.2) is 30.3 Å². The number of ether oxygens (including phenoxy) is 1. The van der Waals surface area contributed by atoms with Crippen LogP contribution in [0.2, 0.25) is 0 Å². The third-order valence-corrected chi connectivity index (χ3v) is 5.14. The van der Waals surface area contributed by atoms with Crippen molar-refractivity contribution in [3.63, 3.8) is 0 Å². The second kappa shape index (κ2) is 8.72. The summed E-state index contributed by atoms with van der Waals surface area (Å²) in [6.45, 7) is 2.47. The summed E-state index contributed by atoms with van der Waals surface area (Å²) in [6, 6.07) is 9.66. The molecule has 2 aromatic carbocycles. The van der Waals surface area contributed by atoms with Crippen molar-refractivity contribution in [2.75, 3.05) is 18.0 Å². The zero-order valence-electron chi connectivity index (χ0n) is 14.7. The highest BCUT2D eigenvalue weighted by Gasteiger charge is 2.32. The van der Waals surface area contributed by atoms with Gasteiger partial charge in [-0.25, -0.2) is 9.18 Å². The summed E-state index contributed by atoms with van der Waals surface area (Å²) in [5, 5.41) is 6.54. The Balaban J connectivity index is 1.81. The molecule has 0 unspecified atom stereocenters. The molecule has 1 N–H and O–H groups in total. The largest absolute Gasteiger partial charge is 0.442 e. The van der Waals surface area contributed by atoms with E-state index in [2.05, 4.69) is 15.3 Å². The molecule has 28 heavy (non-hydrogen) atoms. The number of anilines is 1. The Kier molecular flexibility index (Phi) is 6.32. The lowest BCUT2D eigenvalue weighted by atomic mass is 10.0. The molecule has 10 heteroatoms. The fourth-order valence-electron chi connectivity index (χ4n) is 2.81. The number of cyclic esters (lactones) is 1. The molecule has 1 aliphatic heterocycles. The minimum Gasteiger partial charge on any atom is -0.442 e. The number of carbonyl (C=O) groups excluding carboxylic acids is 1. The summed E-state index contributed by atoms with van der Waals surface area (Å²) < 4.78 is 20.8. The first-order valence-corrected chi connectivity index (χ1v) is 9.75. The molecule has 1 fully saturated rings. The third kappa shape index (κ3) is 4.51. The molecular weight excluding hydrogens is 494 g/mol. The van der Waals surface area contributed by atoms with Gasteiger partial charge in [0.15, 0.2) is 0 Å². The Morgan fingerprint density at radius 1 is 1.46 bits per heavy atom. The normalized spacial score (nSPS) is 15.8. The molecule has 1 heterocycles. The first-order valence-electron chi connectivity index (χ1n) is 8.26. The number of hydrogen-bond acceptors (Lipinski definition) is 4. The molecule has 0 saturated carbocycles. The summed E-state index contributed by atoms with van der Waals surface area (Å²) in [5.41, 5.74) is 10.5. The predicted octanol–water partition coefficient (Wildman–Crippen LogP) is 5.30. The minimum atomic E-state index is -0.519. The Hall–Kier alpha value is -2.43. The second-order valence-corrected chi connectivity index (χ2v) is 7.85. The highest BCUT2D eigenvalue weighted by atomic mass is 125. The number of rotatable bonds is 5. The second-order valence-electron chi connectivity index (χ2n) is 6.07. The van der Waals surface area contributed by atoms with Crippen LogP contribution in [0.25, 0.3) is 21.6 Å². The number of amides is 1. The monoisotopic (exact) mass is 509 g/mol. The fourth-order valence-corrected chi connectivity index (χ4v) is 3.51. The van der Waals surface area contributed by atoms with Crippen molar-refractivity contribution in [3.05, 3.63) is 56.2 Å². The van der Waals surface area contributed by atoms with Crippen LogP contribution >= 0.6 is 34.8 Å². The maximum absolute atomic E-state index is 14.8. The van der Waals surface area contributed by atoms with Crippen LogP contribution < -0.4 is 10.2 Å². The molecule has 144 valence electrons. The first-order chi connectivity index (χ1) is 13.4. The van der Waals surface area contributed by atoms with E-state index < -0.39 is 11.9 Å². The number of hydrogen-bond donors (Lipinski definition) is 1. The van der Waals surface area contributed by atoms with Gasteiger partial charge in [-0.3, -0.25) is 4.90 Å². The molecule has 1 saturated heterocycles. The van der Waals surface area contributed by atoms with Crippen molar-refractivity contribution in [1.29, 1.82) is 0 Å². The Morgan fingerprint density at radius 3 is 2.89 bits per heavy atom. The van der Waals surface area contributed by atoms with Gasteiger partial charge < -0.3 is 10.1 Å². The molecule has 0 radical (unpaired) electrons. The van der Waals surface area contributed by atoms with Crippen molar-refractivity contribution in [3.8, 4) is 11.1 Å². The van der Waals surface area contributed by atoms with Gasteiger partial charge in [-0.05, 0) is 64.9 Å². The number of nitrogens with one attached hydrogen (secondary N) is 1. The number of nitrogens with zero attached hydrogens (tertiary/aromatic N) is 4. The van der Waals surface area contributed by atoms with Gasteiger partial charge in [0.2, 0.25) is 0 Å². The van der Waals surface area contributed by atoms with Crippen molar-refractivity contribution in [1.82, 2.24) is 5.32 Å². The molecule has 1 aliphatic rings. The van der Waals surface area contributed by atoms with Crippen LogP contribution in [0, 0.1) is 9.39 Å². The number of carbonyl (C=O) groups is 1. The highest BCUT2D eigenvalue weighted by Crippen LogP contribution is 2.32. The molecule has 0 spiro atoms. The summed E-state index contributed by atoms with van der Waals surface area (Å²) in [6.07, 6.45) is -0.878. The third-order valence-electron chi connectivity index (χ3n) is 4.13. The lowest BCUT2D eigenvalue weighted by molar-refractivity contribution is 0.143. The molecule has 1 amide bonds. The van der Waals surface area contributed by atoms with E-state index in [1.165, 1.54) is 11.0 Å². The van der Waals surface area contributed by atoms with Crippen molar-refractivity contribution in [2.24, 2.45) is 5.11 Å². The minimum absolute atomic E-state index is 0.312. The van der Waals surface area contributed by atoms with E-state index in [4.69, 9.17) is 22.5 Å². The number of azide groups is 1. The predicted molar refractivity (Wildman–Crippen MR) is 117 cm³/mol. The Bertz CT molecular complexity index is 996. The van der Waals surface area contributed by atoms with E-state index in [9.17, 15) is 9.18 Å². The average molecular weight is 509 g/mol. The molecule has 7 nitrogen and oxygen atoms in total. The van der Waals surface area contributed by atoms with Crippen LogP contribution in [0.5, 0.6) is 0 Å². The van der Waals surface area contributed by atoms with Gasteiger partial charge in [-0.1, -0.05) is 29.5 Å². The number of halogens is 2. The van der Waals surface area contributed by atoms with E-state index in [-0.39, 0.29) is 6.10 Å². The van der Waals surface area contributed by atoms with E-state index in [1.807, 2.05) is 22.6 Å². The van der Waals surface area contributed by atoms with Crippen LogP contribution in [0.4, 0.5) is 20.6 Å². The molecule has 0 aliphatic carbocycles. The summed E-state index contributed by atoms with van der Waals surface area (Å²) in [5.74, 6) is -0.464. The van der Waals surface area contributed by atoms with Gasteiger partial charge in [-0.2, -0.15) is 0 Å². The van der Waals surface area contributed by atoms with Gasteiger partial charge in [0.1, 0.15) is 11.9 Å². The Labute approximate surface area is 179 Å². The standard InChI is InChI=1S/C18H15FIN5O2S/c1-10(28)22-8-13-9-25(18(26)27-13)12-3-4-14(15(19)7-12)11-2-5-17(23-24-21)16(20)6-11/h2-7,13H,8-9H2,1H3,(H,22,28)/t13-/m0/s1/i20-2. The molecule has 0 aromatic heterocycles. The topological polar surface area (TPSA) is 90.3 Å². The fraction of sp³-hybridized carbons (Fsp3) is 0.222. The van der Waals surface area contributed by atoms with Gasteiger partial charge in [0.05, 0.1) is 29.5 Å². The lowest BCUT2D eigenvalue weighted by Gasteiger charge is -2.15. The van der Waals surface area contributed by atoms with Gasteiger partial charge in [-0.15, -0.1) is 0 Å². The summed E-state index contributed by atoms with van der Waals surface area (Å²) >= 11 is 6.98. The maximum Gasteiger partial charge on any atom is 0.414 e. The van der Waals surface area contributed by atoms with Crippen molar-refractivity contribution < 1.29 is 13.9 Å².